The van der Waals surface area contributed by atoms with Crippen molar-refractivity contribution in [2.75, 3.05) is 17.7 Å². The van der Waals surface area contributed by atoms with Gasteiger partial charge in [-0.25, -0.2) is 0 Å². The largest absolute Gasteiger partial charge is 0.314 e. The predicted molar refractivity (Wildman–Crippen MR) is 97.8 cm³/mol. The number of anilines is 1. The third kappa shape index (κ3) is 4.89. The molecule has 2 atom stereocenters. The fourth-order valence-electron chi connectivity index (χ4n) is 2.15. The van der Waals surface area contributed by atoms with Gasteiger partial charge in [-0.05, 0) is 24.6 Å². The quantitative estimate of drug-likeness (QED) is 0.814. The fourth-order valence-corrected chi connectivity index (χ4v) is 3.11. The standard InChI is InChI=1S/C19H21NO2S/c1-16(19(21)20(2)18-13-7-4-8-14-18)23(22)15-9-12-17-10-5-3-6-11-17/h3-14,16H,15H2,1-2H3. The van der Waals surface area contributed by atoms with E-state index in [1.54, 1.807) is 18.9 Å². The van der Waals surface area contributed by atoms with Gasteiger partial charge in [0.05, 0.1) is 0 Å². The van der Waals surface area contributed by atoms with Crippen molar-refractivity contribution in [3.63, 3.8) is 0 Å². The van der Waals surface area contributed by atoms with Crippen LogP contribution in [0.25, 0.3) is 6.08 Å². The molecular weight excluding hydrogens is 306 g/mol. The smallest absolute Gasteiger partial charge is 0.242 e. The van der Waals surface area contributed by atoms with Crippen molar-refractivity contribution in [3.05, 3.63) is 72.3 Å². The zero-order valence-electron chi connectivity index (χ0n) is 13.4. The lowest BCUT2D eigenvalue weighted by Gasteiger charge is -2.20. The van der Waals surface area contributed by atoms with Crippen LogP contribution in [0.4, 0.5) is 5.69 Å². The number of benzene rings is 2. The molecule has 2 aromatic carbocycles. The van der Waals surface area contributed by atoms with Gasteiger partial charge in [-0.1, -0.05) is 60.7 Å². The molecule has 0 N–H and O–H groups in total. The molecule has 1 amide bonds. The number of hydrogen-bond donors (Lipinski definition) is 0. The third-order valence-electron chi connectivity index (χ3n) is 3.59. The lowest BCUT2D eigenvalue weighted by Crippen LogP contribution is -2.37. The van der Waals surface area contributed by atoms with E-state index in [1.165, 1.54) is 0 Å². The van der Waals surface area contributed by atoms with E-state index in [-0.39, 0.29) is 5.91 Å². The van der Waals surface area contributed by atoms with Crippen LogP contribution in [0, 0.1) is 0 Å². The monoisotopic (exact) mass is 327 g/mol. The molecule has 0 aromatic heterocycles. The van der Waals surface area contributed by atoms with Gasteiger partial charge in [0, 0.05) is 29.3 Å². The zero-order chi connectivity index (χ0) is 16.7. The summed E-state index contributed by atoms with van der Waals surface area (Å²) in [5, 5.41) is -0.541. The molecular formula is C19H21NO2S. The molecule has 0 radical (unpaired) electrons. The van der Waals surface area contributed by atoms with Gasteiger partial charge in [-0.3, -0.25) is 9.00 Å². The van der Waals surface area contributed by atoms with Crippen molar-refractivity contribution in [2.24, 2.45) is 0 Å². The van der Waals surface area contributed by atoms with Crippen LogP contribution in [0.2, 0.25) is 0 Å². The highest BCUT2D eigenvalue weighted by atomic mass is 32.2. The lowest BCUT2D eigenvalue weighted by atomic mass is 10.2. The second kappa shape index (κ2) is 8.44. The van der Waals surface area contributed by atoms with E-state index in [0.717, 1.165) is 11.3 Å². The highest BCUT2D eigenvalue weighted by Crippen LogP contribution is 2.14. The summed E-state index contributed by atoms with van der Waals surface area (Å²) in [6, 6.07) is 19.2. The average molecular weight is 327 g/mol. The first kappa shape index (κ1) is 17.2. The summed E-state index contributed by atoms with van der Waals surface area (Å²) in [5.41, 5.74) is 1.87. The predicted octanol–water partition coefficient (Wildman–Crippen LogP) is 3.50. The Labute approximate surface area is 140 Å². The molecule has 2 unspecified atom stereocenters. The first-order chi connectivity index (χ1) is 11.1. The Morgan fingerprint density at radius 3 is 2.26 bits per heavy atom. The average Bonchev–Trinajstić information content (AvgIpc) is 2.61. The van der Waals surface area contributed by atoms with Crippen molar-refractivity contribution in [2.45, 2.75) is 12.2 Å². The first-order valence-corrected chi connectivity index (χ1v) is 8.89. The van der Waals surface area contributed by atoms with E-state index in [9.17, 15) is 9.00 Å². The number of para-hydroxylation sites is 1. The summed E-state index contributed by atoms with van der Waals surface area (Å²) in [5.74, 6) is 0.229. The maximum absolute atomic E-state index is 12.4. The van der Waals surface area contributed by atoms with E-state index in [2.05, 4.69) is 0 Å². The summed E-state index contributed by atoms with van der Waals surface area (Å²) in [6.07, 6.45) is 3.79. The summed E-state index contributed by atoms with van der Waals surface area (Å²) in [7, 11) is 0.473. The molecule has 0 aliphatic carbocycles. The Balaban J connectivity index is 1.94. The Morgan fingerprint density at radius 2 is 1.65 bits per heavy atom. The Morgan fingerprint density at radius 1 is 1.09 bits per heavy atom. The molecule has 0 saturated carbocycles. The fraction of sp³-hybridized carbons (Fsp3) is 0.211. The van der Waals surface area contributed by atoms with E-state index in [0.29, 0.717) is 5.75 Å². The third-order valence-corrected chi connectivity index (χ3v) is 5.10. The molecule has 2 rings (SSSR count). The maximum Gasteiger partial charge on any atom is 0.242 e. The molecule has 23 heavy (non-hydrogen) atoms. The topological polar surface area (TPSA) is 37.4 Å². The van der Waals surface area contributed by atoms with E-state index < -0.39 is 16.0 Å². The van der Waals surface area contributed by atoms with Crippen molar-refractivity contribution >= 4 is 28.5 Å². The normalized spacial score (nSPS) is 13.7. The number of nitrogens with zero attached hydrogens (tertiary/aromatic N) is 1. The highest BCUT2D eigenvalue weighted by molar-refractivity contribution is 7.86. The molecule has 0 saturated heterocycles. The molecule has 0 aliphatic heterocycles. The second-order valence-corrected chi connectivity index (χ2v) is 7.04. The minimum Gasteiger partial charge on any atom is -0.314 e. The van der Waals surface area contributed by atoms with Gasteiger partial charge in [-0.2, -0.15) is 0 Å². The van der Waals surface area contributed by atoms with E-state index in [1.807, 2.05) is 72.8 Å². The number of carbonyl (C=O) groups excluding carboxylic acids is 1. The van der Waals surface area contributed by atoms with Crippen LogP contribution < -0.4 is 4.90 Å². The van der Waals surface area contributed by atoms with Crippen molar-refractivity contribution < 1.29 is 9.00 Å². The molecule has 0 fully saturated rings. The van der Waals surface area contributed by atoms with Gasteiger partial charge in [0.1, 0.15) is 5.25 Å². The van der Waals surface area contributed by atoms with Crippen LogP contribution in [-0.2, 0) is 15.6 Å². The lowest BCUT2D eigenvalue weighted by molar-refractivity contribution is -0.117. The van der Waals surface area contributed by atoms with Crippen LogP contribution in [0.1, 0.15) is 12.5 Å². The van der Waals surface area contributed by atoms with Crippen molar-refractivity contribution in [1.82, 2.24) is 0 Å². The second-order valence-electron chi connectivity index (χ2n) is 5.24. The molecule has 120 valence electrons. The summed E-state index contributed by atoms with van der Waals surface area (Å²) in [6.45, 7) is 1.72. The van der Waals surface area contributed by atoms with Gasteiger partial charge in [0.2, 0.25) is 5.91 Å². The number of carbonyl (C=O) groups is 1. The van der Waals surface area contributed by atoms with Crippen molar-refractivity contribution in [1.29, 1.82) is 0 Å². The summed E-state index contributed by atoms with van der Waals surface area (Å²) < 4.78 is 12.3. The van der Waals surface area contributed by atoms with Gasteiger partial charge < -0.3 is 4.90 Å². The number of hydrogen-bond acceptors (Lipinski definition) is 2. The molecule has 3 nitrogen and oxygen atoms in total. The van der Waals surface area contributed by atoms with Crippen molar-refractivity contribution in [3.8, 4) is 0 Å². The highest BCUT2D eigenvalue weighted by Gasteiger charge is 2.23. The first-order valence-electron chi connectivity index (χ1n) is 7.51. The van der Waals surface area contributed by atoms with Crippen LogP contribution >= 0.6 is 0 Å². The van der Waals surface area contributed by atoms with Gasteiger partial charge in [-0.15, -0.1) is 0 Å². The van der Waals surface area contributed by atoms with Crippen LogP contribution in [0.5, 0.6) is 0 Å². The Kier molecular flexibility index (Phi) is 6.29. The number of amides is 1. The molecule has 0 spiro atoms. The summed E-state index contributed by atoms with van der Waals surface area (Å²) in [4.78, 5) is 14.0. The molecule has 0 heterocycles. The molecule has 0 bridgehead atoms. The maximum atomic E-state index is 12.4. The minimum atomic E-state index is -1.24. The van der Waals surface area contributed by atoms with Crippen LogP contribution in [-0.4, -0.2) is 28.2 Å². The molecule has 4 heteroatoms. The van der Waals surface area contributed by atoms with Gasteiger partial charge >= 0.3 is 0 Å². The molecule has 2 aromatic rings. The van der Waals surface area contributed by atoms with Crippen LogP contribution in [0.15, 0.2) is 66.7 Å². The zero-order valence-corrected chi connectivity index (χ0v) is 14.2. The Hall–Kier alpha value is -2.20. The summed E-state index contributed by atoms with van der Waals surface area (Å²) >= 11 is 0. The number of rotatable bonds is 6. The molecule has 0 aliphatic rings. The van der Waals surface area contributed by atoms with E-state index >= 15 is 0 Å². The van der Waals surface area contributed by atoms with E-state index in [4.69, 9.17) is 0 Å². The Bertz CT molecular complexity index is 683. The minimum absolute atomic E-state index is 0.136. The SMILES string of the molecule is CC(C(=O)N(C)c1ccccc1)S(=O)CC=Cc1ccccc1. The van der Waals surface area contributed by atoms with Gasteiger partial charge in [0.25, 0.3) is 0 Å². The van der Waals surface area contributed by atoms with Crippen LogP contribution in [0.3, 0.4) is 0 Å². The van der Waals surface area contributed by atoms with Gasteiger partial charge in [0.15, 0.2) is 0 Å².